The van der Waals surface area contributed by atoms with Gasteiger partial charge in [-0.25, -0.2) is 0 Å². The quantitative estimate of drug-likeness (QED) is 0.276. The molecule has 2 amide bonds. The molecule has 172 valence electrons. The lowest BCUT2D eigenvalue weighted by atomic mass is 10.1. The van der Waals surface area contributed by atoms with Crippen LogP contribution < -0.4 is 15.4 Å². The van der Waals surface area contributed by atoms with Gasteiger partial charge in [-0.15, -0.1) is 0 Å². The first-order chi connectivity index (χ1) is 17.1. The highest BCUT2D eigenvalue weighted by atomic mass is 16.5. The summed E-state index contributed by atoms with van der Waals surface area (Å²) in [5.41, 5.74) is 5.43. The molecule has 1 heterocycles. The van der Waals surface area contributed by atoms with Crippen LogP contribution in [0.4, 0.5) is 11.4 Å². The first-order valence-electron chi connectivity index (χ1n) is 11.1. The van der Waals surface area contributed by atoms with Gasteiger partial charge < -0.3 is 20.4 Å². The van der Waals surface area contributed by atoms with Crippen LogP contribution in [0.3, 0.4) is 0 Å². The van der Waals surface area contributed by atoms with E-state index in [1.807, 2.05) is 60.7 Å². The molecule has 0 spiro atoms. The first-order valence-corrected chi connectivity index (χ1v) is 11.1. The zero-order valence-corrected chi connectivity index (χ0v) is 19.0. The van der Waals surface area contributed by atoms with Crippen molar-refractivity contribution >= 4 is 34.1 Å². The third-order valence-corrected chi connectivity index (χ3v) is 5.72. The molecule has 0 fully saturated rings. The van der Waals surface area contributed by atoms with E-state index in [1.165, 1.54) is 0 Å². The van der Waals surface area contributed by atoms with Gasteiger partial charge in [0.15, 0.2) is 0 Å². The van der Waals surface area contributed by atoms with Crippen molar-refractivity contribution in [3.63, 3.8) is 0 Å². The molecule has 6 heteroatoms. The maximum atomic E-state index is 12.7. The fourth-order valence-electron chi connectivity index (χ4n) is 3.83. The minimum absolute atomic E-state index is 0.149. The second-order valence-corrected chi connectivity index (χ2v) is 8.07. The van der Waals surface area contributed by atoms with Crippen LogP contribution in [0.5, 0.6) is 5.75 Å². The Bertz CT molecular complexity index is 1490. The van der Waals surface area contributed by atoms with Crippen LogP contribution in [-0.4, -0.2) is 23.9 Å². The molecule has 5 rings (SSSR count). The molecule has 0 saturated carbocycles. The number of carbonyl (C=O) groups excluding carboxylic acids is 2. The molecule has 0 aliphatic rings. The van der Waals surface area contributed by atoms with Crippen LogP contribution in [0.2, 0.25) is 0 Å². The lowest BCUT2D eigenvalue weighted by Crippen LogP contribution is -2.11. The Balaban J connectivity index is 1.30. The number of benzene rings is 4. The summed E-state index contributed by atoms with van der Waals surface area (Å²) in [4.78, 5) is 28.5. The molecule has 1 aromatic heterocycles. The topological polar surface area (TPSA) is 83.2 Å². The van der Waals surface area contributed by atoms with Gasteiger partial charge in [-0.3, -0.25) is 9.59 Å². The molecule has 5 aromatic rings. The SMILES string of the molecule is COc1ccc(NC(=O)c2ccc3[nH]c(-c4ccc(NC(=O)c5ccccc5)cc4)cc3c2)cc1. The number of anilines is 2. The van der Waals surface area contributed by atoms with Gasteiger partial charge in [-0.2, -0.15) is 0 Å². The summed E-state index contributed by atoms with van der Waals surface area (Å²) >= 11 is 0. The molecule has 0 saturated heterocycles. The van der Waals surface area contributed by atoms with E-state index in [9.17, 15) is 9.59 Å². The van der Waals surface area contributed by atoms with Gasteiger partial charge in [0.05, 0.1) is 7.11 Å². The monoisotopic (exact) mass is 461 g/mol. The van der Waals surface area contributed by atoms with Gasteiger partial charge in [0.2, 0.25) is 0 Å². The summed E-state index contributed by atoms with van der Waals surface area (Å²) in [6.07, 6.45) is 0. The molecule has 0 radical (unpaired) electrons. The van der Waals surface area contributed by atoms with Gasteiger partial charge in [-0.05, 0) is 78.4 Å². The van der Waals surface area contributed by atoms with E-state index in [2.05, 4.69) is 15.6 Å². The number of carbonyl (C=O) groups is 2. The number of H-pyrrole nitrogens is 1. The van der Waals surface area contributed by atoms with Crippen LogP contribution in [0, 0.1) is 0 Å². The number of fused-ring (bicyclic) bond motifs is 1. The van der Waals surface area contributed by atoms with Crippen LogP contribution in [0.1, 0.15) is 20.7 Å². The van der Waals surface area contributed by atoms with Gasteiger partial charge in [0.1, 0.15) is 5.75 Å². The molecule has 35 heavy (non-hydrogen) atoms. The summed E-state index contributed by atoms with van der Waals surface area (Å²) in [5.74, 6) is 0.401. The highest BCUT2D eigenvalue weighted by molar-refractivity contribution is 6.07. The van der Waals surface area contributed by atoms with E-state index in [4.69, 9.17) is 4.74 Å². The minimum Gasteiger partial charge on any atom is -0.497 e. The van der Waals surface area contributed by atoms with Crippen LogP contribution >= 0.6 is 0 Å². The third-order valence-electron chi connectivity index (χ3n) is 5.72. The fraction of sp³-hybridized carbons (Fsp3) is 0.0345. The van der Waals surface area contributed by atoms with Crippen molar-refractivity contribution in [1.82, 2.24) is 4.98 Å². The Labute approximate surface area is 202 Å². The van der Waals surface area contributed by atoms with Crippen LogP contribution in [0.25, 0.3) is 22.2 Å². The van der Waals surface area contributed by atoms with Crippen molar-refractivity contribution in [2.45, 2.75) is 0 Å². The summed E-state index contributed by atoms with van der Waals surface area (Å²) in [6, 6.07) is 31.5. The van der Waals surface area contributed by atoms with Crippen LogP contribution in [0.15, 0.2) is 103 Å². The molecule has 0 unspecified atom stereocenters. The number of ether oxygens (including phenoxy) is 1. The first kappa shape index (κ1) is 22.0. The van der Waals surface area contributed by atoms with Gasteiger partial charge in [0.25, 0.3) is 11.8 Å². The molecule has 6 nitrogen and oxygen atoms in total. The van der Waals surface area contributed by atoms with Crippen molar-refractivity contribution in [2.75, 3.05) is 17.7 Å². The van der Waals surface area contributed by atoms with Gasteiger partial charge >= 0.3 is 0 Å². The van der Waals surface area contributed by atoms with Crippen molar-refractivity contribution in [3.8, 4) is 17.0 Å². The van der Waals surface area contributed by atoms with E-state index in [0.717, 1.165) is 33.6 Å². The van der Waals surface area contributed by atoms with Crippen molar-refractivity contribution in [3.05, 3.63) is 114 Å². The standard InChI is InChI=1S/C29H23N3O3/c1-35-25-14-12-24(13-15-25)31-29(34)21-9-16-26-22(17-21)18-27(32-26)19-7-10-23(11-8-19)30-28(33)20-5-3-2-4-6-20/h2-18,32H,1H3,(H,30,33)(H,31,34). The predicted octanol–water partition coefficient (Wildman–Crippen LogP) is 6.35. The summed E-state index contributed by atoms with van der Waals surface area (Å²) in [7, 11) is 1.60. The maximum Gasteiger partial charge on any atom is 0.255 e. The summed E-state index contributed by atoms with van der Waals surface area (Å²) < 4.78 is 5.15. The Morgan fingerprint density at radius 1 is 0.686 bits per heavy atom. The smallest absolute Gasteiger partial charge is 0.255 e. The second-order valence-electron chi connectivity index (χ2n) is 8.07. The normalized spacial score (nSPS) is 10.7. The highest BCUT2D eigenvalue weighted by Gasteiger charge is 2.10. The molecule has 0 aliphatic heterocycles. The average Bonchev–Trinajstić information content (AvgIpc) is 3.33. The Morgan fingerprint density at radius 3 is 1.97 bits per heavy atom. The lowest BCUT2D eigenvalue weighted by Gasteiger charge is -2.06. The zero-order valence-electron chi connectivity index (χ0n) is 19.0. The third kappa shape index (κ3) is 4.91. The van der Waals surface area contributed by atoms with Gasteiger partial charge in [-0.1, -0.05) is 30.3 Å². The number of aromatic nitrogens is 1. The maximum absolute atomic E-state index is 12.7. The number of aromatic amines is 1. The summed E-state index contributed by atoms with van der Waals surface area (Å²) in [5, 5.41) is 6.75. The number of methoxy groups -OCH3 is 1. The number of hydrogen-bond donors (Lipinski definition) is 3. The largest absolute Gasteiger partial charge is 0.497 e. The number of rotatable bonds is 6. The number of nitrogens with one attached hydrogen (secondary N) is 3. The minimum atomic E-state index is -0.182. The number of amides is 2. The fourth-order valence-corrected chi connectivity index (χ4v) is 3.83. The molecular formula is C29H23N3O3. The average molecular weight is 462 g/mol. The number of hydrogen-bond acceptors (Lipinski definition) is 3. The Kier molecular flexibility index (Phi) is 6.01. The van der Waals surface area contributed by atoms with Crippen molar-refractivity contribution in [2.24, 2.45) is 0 Å². The van der Waals surface area contributed by atoms with Crippen molar-refractivity contribution < 1.29 is 14.3 Å². The molecule has 0 aliphatic carbocycles. The lowest BCUT2D eigenvalue weighted by molar-refractivity contribution is 0.101. The van der Waals surface area contributed by atoms with E-state index in [0.29, 0.717) is 16.8 Å². The predicted molar refractivity (Wildman–Crippen MR) is 139 cm³/mol. The molecule has 0 bridgehead atoms. The van der Waals surface area contributed by atoms with Crippen LogP contribution in [-0.2, 0) is 0 Å². The van der Waals surface area contributed by atoms with E-state index in [1.54, 1.807) is 49.6 Å². The van der Waals surface area contributed by atoms with E-state index < -0.39 is 0 Å². The second kappa shape index (κ2) is 9.57. The van der Waals surface area contributed by atoms with Gasteiger partial charge in [0, 0.05) is 39.1 Å². The molecule has 4 aromatic carbocycles. The Morgan fingerprint density at radius 2 is 1.31 bits per heavy atom. The molecular weight excluding hydrogens is 438 g/mol. The molecule has 0 atom stereocenters. The highest BCUT2D eigenvalue weighted by Crippen LogP contribution is 2.27. The zero-order chi connectivity index (χ0) is 24.2. The van der Waals surface area contributed by atoms with Crippen molar-refractivity contribution in [1.29, 1.82) is 0 Å². The summed E-state index contributed by atoms with van der Waals surface area (Å²) in [6.45, 7) is 0. The van der Waals surface area contributed by atoms with E-state index in [-0.39, 0.29) is 11.8 Å². The Hall–Kier alpha value is -4.84. The molecule has 3 N–H and O–H groups in total. The van der Waals surface area contributed by atoms with E-state index >= 15 is 0 Å².